The molecule has 0 aliphatic heterocycles. The fourth-order valence-electron chi connectivity index (χ4n) is 1.63. The monoisotopic (exact) mass is 307 g/mol. The summed E-state index contributed by atoms with van der Waals surface area (Å²) in [4.78, 5) is 16.3. The SMILES string of the molecule is CC(NC(=O)C(C)(C)C)c1nc(-c2cccc(Cl)c2)no1. The number of aromatic nitrogens is 2. The predicted octanol–water partition coefficient (Wildman–Crippen LogP) is 3.61. The van der Waals surface area contributed by atoms with Crippen LogP contribution in [0.15, 0.2) is 28.8 Å². The van der Waals surface area contributed by atoms with Gasteiger partial charge in [-0.15, -0.1) is 0 Å². The lowest BCUT2D eigenvalue weighted by Gasteiger charge is -2.19. The topological polar surface area (TPSA) is 68.0 Å². The molecule has 1 N–H and O–H groups in total. The van der Waals surface area contributed by atoms with Crippen LogP contribution in [0.2, 0.25) is 5.02 Å². The van der Waals surface area contributed by atoms with Crippen LogP contribution in [-0.2, 0) is 4.79 Å². The molecule has 1 heterocycles. The molecule has 1 amide bonds. The molecule has 0 spiro atoms. The van der Waals surface area contributed by atoms with Gasteiger partial charge in [0.2, 0.25) is 17.6 Å². The summed E-state index contributed by atoms with van der Waals surface area (Å²) in [5.74, 6) is 0.740. The van der Waals surface area contributed by atoms with E-state index in [4.69, 9.17) is 16.1 Å². The molecule has 0 saturated carbocycles. The average Bonchev–Trinajstić information content (AvgIpc) is 2.87. The van der Waals surface area contributed by atoms with Crippen LogP contribution in [0.25, 0.3) is 11.4 Å². The molecule has 0 fully saturated rings. The molecule has 1 unspecified atom stereocenters. The Morgan fingerprint density at radius 2 is 2.10 bits per heavy atom. The van der Waals surface area contributed by atoms with Crippen molar-refractivity contribution in [3.63, 3.8) is 0 Å². The summed E-state index contributed by atoms with van der Waals surface area (Å²) >= 11 is 5.94. The van der Waals surface area contributed by atoms with Crippen LogP contribution in [0.5, 0.6) is 0 Å². The van der Waals surface area contributed by atoms with Gasteiger partial charge in [-0.2, -0.15) is 4.98 Å². The lowest BCUT2D eigenvalue weighted by atomic mass is 9.95. The number of carbonyl (C=O) groups is 1. The van der Waals surface area contributed by atoms with Gasteiger partial charge in [0.1, 0.15) is 6.04 Å². The van der Waals surface area contributed by atoms with Gasteiger partial charge in [0, 0.05) is 16.0 Å². The zero-order valence-corrected chi connectivity index (χ0v) is 13.2. The molecular weight excluding hydrogens is 290 g/mol. The smallest absolute Gasteiger partial charge is 0.249 e. The summed E-state index contributed by atoms with van der Waals surface area (Å²) < 4.78 is 5.22. The van der Waals surface area contributed by atoms with Crippen LogP contribution in [0.4, 0.5) is 0 Å². The third-order valence-corrected chi connectivity index (χ3v) is 3.16. The number of hydrogen-bond donors (Lipinski definition) is 1. The number of rotatable bonds is 3. The highest BCUT2D eigenvalue weighted by atomic mass is 35.5. The van der Waals surface area contributed by atoms with E-state index in [-0.39, 0.29) is 11.9 Å². The highest BCUT2D eigenvalue weighted by molar-refractivity contribution is 6.30. The summed E-state index contributed by atoms with van der Waals surface area (Å²) in [7, 11) is 0. The quantitative estimate of drug-likeness (QED) is 0.940. The highest BCUT2D eigenvalue weighted by Gasteiger charge is 2.25. The summed E-state index contributed by atoms with van der Waals surface area (Å²) in [5, 5.41) is 7.38. The molecule has 21 heavy (non-hydrogen) atoms. The van der Waals surface area contributed by atoms with Gasteiger partial charge in [-0.25, -0.2) is 0 Å². The molecule has 2 aromatic rings. The van der Waals surface area contributed by atoms with Gasteiger partial charge in [-0.05, 0) is 19.1 Å². The van der Waals surface area contributed by atoms with Crippen LogP contribution in [0.3, 0.4) is 0 Å². The van der Waals surface area contributed by atoms with Gasteiger partial charge >= 0.3 is 0 Å². The summed E-state index contributed by atoms with van der Waals surface area (Å²) in [6.45, 7) is 7.35. The van der Waals surface area contributed by atoms with Crippen molar-refractivity contribution in [1.29, 1.82) is 0 Å². The van der Waals surface area contributed by atoms with Gasteiger partial charge in [-0.1, -0.05) is 49.7 Å². The minimum atomic E-state index is -0.468. The number of nitrogens with one attached hydrogen (secondary N) is 1. The summed E-state index contributed by atoms with van der Waals surface area (Å²) in [6.07, 6.45) is 0. The number of benzene rings is 1. The number of carbonyl (C=O) groups excluding carboxylic acids is 1. The van der Waals surface area contributed by atoms with E-state index in [2.05, 4.69) is 15.5 Å². The van der Waals surface area contributed by atoms with Crippen LogP contribution in [0.1, 0.15) is 39.6 Å². The number of halogens is 1. The normalized spacial score (nSPS) is 13.0. The van der Waals surface area contributed by atoms with Gasteiger partial charge in [0.25, 0.3) is 0 Å². The minimum Gasteiger partial charge on any atom is -0.344 e. The fourth-order valence-corrected chi connectivity index (χ4v) is 1.82. The molecule has 1 aromatic carbocycles. The molecule has 0 aliphatic carbocycles. The van der Waals surface area contributed by atoms with E-state index in [9.17, 15) is 4.79 Å². The summed E-state index contributed by atoms with van der Waals surface area (Å²) in [5.41, 5.74) is 0.302. The van der Waals surface area contributed by atoms with E-state index in [0.717, 1.165) is 5.56 Å². The van der Waals surface area contributed by atoms with E-state index in [1.165, 1.54) is 0 Å². The molecule has 1 atom stereocenters. The first kappa shape index (κ1) is 15.5. The summed E-state index contributed by atoms with van der Waals surface area (Å²) in [6, 6.07) is 6.85. The third kappa shape index (κ3) is 3.82. The van der Waals surface area contributed by atoms with Crippen LogP contribution in [-0.4, -0.2) is 16.0 Å². The Kier molecular flexibility index (Phi) is 4.32. The van der Waals surface area contributed by atoms with Gasteiger partial charge < -0.3 is 9.84 Å². The predicted molar refractivity (Wildman–Crippen MR) is 80.8 cm³/mol. The van der Waals surface area contributed by atoms with Crippen molar-refractivity contribution in [2.24, 2.45) is 5.41 Å². The molecule has 0 saturated heterocycles. The Bertz CT molecular complexity index is 646. The largest absolute Gasteiger partial charge is 0.344 e. The van der Waals surface area contributed by atoms with Crippen molar-refractivity contribution in [2.45, 2.75) is 33.7 Å². The molecule has 6 heteroatoms. The van der Waals surface area contributed by atoms with Crippen molar-refractivity contribution < 1.29 is 9.32 Å². The molecule has 5 nitrogen and oxygen atoms in total. The fraction of sp³-hybridized carbons (Fsp3) is 0.400. The molecule has 0 bridgehead atoms. The standard InChI is InChI=1S/C15H18ClN3O2/c1-9(17-14(20)15(2,3)4)13-18-12(19-21-13)10-6-5-7-11(16)8-10/h5-9H,1-4H3,(H,17,20). The number of amides is 1. The Hall–Kier alpha value is -1.88. The second-order valence-electron chi connectivity index (χ2n) is 5.91. The molecule has 0 aliphatic rings. The Labute approximate surface area is 128 Å². The molecule has 2 rings (SSSR count). The number of hydrogen-bond acceptors (Lipinski definition) is 4. The first-order valence-electron chi connectivity index (χ1n) is 6.68. The van der Waals surface area contributed by atoms with Gasteiger partial charge in [0.05, 0.1) is 0 Å². The van der Waals surface area contributed by atoms with E-state index >= 15 is 0 Å². The van der Waals surface area contributed by atoms with Gasteiger partial charge in [0.15, 0.2) is 0 Å². The number of nitrogens with zero attached hydrogens (tertiary/aromatic N) is 2. The highest BCUT2D eigenvalue weighted by Crippen LogP contribution is 2.22. The third-order valence-electron chi connectivity index (χ3n) is 2.92. The Morgan fingerprint density at radius 1 is 1.38 bits per heavy atom. The maximum Gasteiger partial charge on any atom is 0.249 e. The first-order valence-corrected chi connectivity index (χ1v) is 7.05. The molecule has 0 radical (unpaired) electrons. The second kappa shape index (κ2) is 5.85. The van der Waals surface area contributed by atoms with Crippen LogP contribution in [0, 0.1) is 5.41 Å². The van der Waals surface area contributed by atoms with E-state index in [0.29, 0.717) is 16.7 Å². The van der Waals surface area contributed by atoms with E-state index in [1.807, 2.05) is 32.9 Å². The minimum absolute atomic E-state index is 0.0718. The lowest BCUT2D eigenvalue weighted by Crippen LogP contribution is -2.36. The second-order valence-corrected chi connectivity index (χ2v) is 6.35. The van der Waals surface area contributed by atoms with E-state index in [1.54, 1.807) is 19.1 Å². The van der Waals surface area contributed by atoms with Crippen molar-refractivity contribution in [1.82, 2.24) is 15.5 Å². The van der Waals surface area contributed by atoms with Crippen molar-refractivity contribution in [3.05, 3.63) is 35.2 Å². The lowest BCUT2D eigenvalue weighted by molar-refractivity contribution is -0.129. The van der Waals surface area contributed by atoms with Crippen molar-refractivity contribution in [3.8, 4) is 11.4 Å². The molecule has 1 aromatic heterocycles. The first-order chi connectivity index (χ1) is 9.77. The molecular formula is C15H18ClN3O2. The van der Waals surface area contributed by atoms with Crippen molar-refractivity contribution >= 4 is 17.5 Å². The zero-order valence-electron chi connectivity index (χ0n) is 12.5. The Morgan fingerprint density at radius 3 is 2.71 bits per heavy atom. The maximum absolute atomic E-state index is 12.0. The molecule has 112 valence electrons. The van der Waals surface area contributed by atoms with Gasteiger partial charge in [-0.3, -0.25) is 4.79 Å². The average molecular weight is 308 g/mol. The van der Waals surface area contributed by atoms with Crippen LogP contribution >= 0.6 is 11.6 Å². The zero-order chi connectivity index (χ0) is 15.6. The van der Waals surface area contributed by atoms with Crippen LogP contribution < -0.4 is 5.32 Å². The van der Waals surface area contributed by atoms with Crippen molar-refractivity contribution in [2.75, 3.05) is 0 Å². The van der Waals surface area contributed by atoms with E-state index < -0.39 is 5.41 Å². The Balaban J connectivity index is 2.14. The maximum atomic E-state index is 12.0.